The van der Waals surface area contributed by atoms with Gasteiger partial charge in [-0.25, -0.2) is 4.98 Å². The van der Waals surface area contributed by atoms with Crippen molar-refractivity contribution in [1.82, 2.24) is 4.98 Å². The van der Waals surface area contributed by atoms with Crippen molar-refractivity contribution in [1.29, 1.82) is 0 Å². The van der Waals surface area contributed by atoms with Crippen LogP contribution in [0, 0.1) is 0 Å². The molecule has 0 radical (unpaired) electrons. The van der Waals surface area contributed by atoms with Crippen LogP contribution in [-0.2, 0) is 4.79 Å². The number of rotatable bonds is 2. The molecule has 1 saturated heterocycles. The molecule has 0 spiro atoms. The Balaban J connectivity index is 1.72. The molecule has 108 valence electrons. The molecule has 1 aliphatic heterocycles. The van der Waals surface area contributed by atoms with E-state index in [0.717, 1.165) is 20.9 Å². The highest BCUT2D eigenvalue weighted by molar-refractivity contribution is 7.80. The Morgan fingerprint density at radius 2 is 1.82 bits per heavy atom. The second-order valence-corrected chi connectivity index (χ2v) is 6.66. The van der Waals surface area contributed by atoms with Gasteiger partial charge in [-0.05, 0) is 24.3 Å². The number of aromatic nitrogens is 1. The van der Waals surface area contributed by atoms with Crippen LogP contribution in [0.1, 0.15) is 17.3 Å². The molecule has 2 aromatic carbocycles. The van der Waals surface area contributed by atoms with E-state index in [1.165, 1.54) is 0 Å². The summed E-state index contributed by atoms with van der Waals surface area (Å²) in [5, 5.41) is 0.929. The first-order chi connectivity index (χ1) is 10.7. The monoisotopic (exact) mass is 324 g/mol. The minimum absolute atomic E-state index is 0.0421. The molecule has 22 heavy (non-hydrogen) atoms. The molecule has 1 fully saturated rings. The summed E-state index contributed by atoms with van der Waals surface area (Å²) >= 11 is 7.20. The maximum atomic E-state index is 12.4. The zero-order valence-electron chi connectivity index (χ0n) is 11.6. The molecule has 0 saturated carbocycles. The highest BCUT2D eigenvalue weighted by atomic mass is 32.1. The first kappa shape index (κ1) is 13.5. The average molecular weight is 324 g/mol. The standard InChI is InChI=1S/C17H12N2OS2/c20-15-10-12(16-18-13-8-4-5-9-14(13)22-16)17(21)19(15)11-6-2-1-3-7-11/h1-9,12H,10H2. The van der Waals surface area contributed by atoms with Crippen LogP contribution >= 0.6 is 23.6 Å². The van der Waals surface area contributed by atoms with Crippen LogP contribution in [-0.4, -0.2) is 15.9 Å². The number of para-hydroxylation sites is 2. The fourth-order valence-corrected chi connectivity index (χ4v) is 4.26. The van der Waals surface area contributed by atoms with Crippen LogP contribution < -0.4 is 4.90 Å². The summed E-state index contributed by atoms with van der Waals surface area (Å²) in [5.41, 5.74) is 1.80. The number of nitrogens with zero attached hydrogens (tertiary/aromatic N) is 2. The zero-order chi connectivity index (χ0) is 15.1. The third-order valence-corrected chi connectivity index (χ3v) is 5.39. The Labute approximate surface area is 137 Å². The Bertz CT molecular complexity index is 840. The Hall–Kier alpha value is -2.11. The summed E-state index contributed by atoms with van der Waals surface area (Å²) in [6.07, 6.45) is 0.396. The topological polar surface area (TPSA) is 33.2 Å². The van der Waals surface area contributed by atoms with Crippen LogP contribution in [0.2, 0.25) is 0 Å². The van der Waals surface area contributed by atoms with E-state index in [1.54, 1.807) is 16.2 Å². The maximum absolute atomic E-state index is 12.4. The predicted octanol–water partition coefficient (Wildman–Crippen LogP) is 4.14. The smallest absolute Gasteiger partial charge is 0.233 e. The van der Waals surface area contributed by atoms with Gasteiger partial charge in [-0.2, -0.15) is 0 Å². The number of anilines is 1. The lowest BCUT2D eigenvalue weighted by Gasteiger charge is -2.16. The van der Waals surface area contributed by atoms with Crippen LogP contribution in [0.5, 0.6) is 0 Å². The van der Waals surface area contributed by atoms with Crippen molar-refractivity contribution in [3.63, 3.8) is 0 Å². The van der Waals surface area contributed by atoms with E-state index in [1.807, 2.05) is 54.6 Å². The van der Waals surface area contributed by atoms with Gasteiger partial charge in [0, 0.05) is 12.1 Å². The molecule has 0 aliphatic carbocycles. The third-order valence-electron chi connectivity index (χ3n) is 3.77. The van der Waals surface area contributed by atoms with Crippen molar-refractivity contribution in [2.24, 2.45) is 0 Å². The molecule has 0 bridgehead atoms. The number of hydrogen-bond acceptors (Lipinski definition) is 4. The van der Waals surface area contributed by atoms with Crippen molar-refractivity contribution in [2.75, 3.05) is 4.90 Å². The number of thiocarbonyl (C=S) groups is 1. The lowest BCUT2D eigenvalue weighted by Crippen LogP contribution is -2.28. The van der Waals surface area contributed by atoms with Gasteiger partial charge in [0.15, 0.2) is 0 Å². The molecule has 4 rings (SSSR count). The molecule has 3 nitrogen and oxygen atoms in total. The van der Waals surface area contributed by atoms with Gasteiger partial charge < -0.3 is 0 Å². The number of hydrogen-bond donors (Lipinski definition) is 0. The first-order valence-corrected chi connectivity index (χ1v) is 8.24. The fourth-order valence-electron chi connectivity index (χ4n) is 2.71. The minimum Gasteiger partial charge on any atom is -0.274 e. The van der Waals surface area contributed by atoms with Gasteiger partial charge in [0.2, 0.25) is 5.91 Å². The van der Waals surface area contributed by atoms with E-state index in [0.29, 0.717) is 11.4 Å². The number of carbonyl (C=O) groups excluding carboxylic acids is 1. The maximum Gasteiger partial charge on any atom is 0.233 e. The average Bonchev–Trinajstić information content (AvgIpc) is 3.09. The van der Waals surface area contributed by atoms with E-state index in [-0.39, 0.29) is 11.8 Å². The molecular weight excluding hydrogens is 312 g/mol. The van der Waals surface area contributed by atoms with Gasteiger partial charge >= 0.3 is 0 Å². The molecular formula is C17H12N2OS2. The highest BCUT2D eigenvalue weighted by Crippen LogP contribution is 2.37. The predicted molar refractivity (Wildman–Crippen MR) is 93.5 cm³/mol. The van der Waals surface area contributed by atoms with E-state index < -0.39 is 0 Å². The molecule has 3 aromatic rings. The quantitative estimate of drug-likeness (QED) is 0.664. The van der Waals surface area contributed by atoms with Crippen LogP contribution in [0.15, 0.2) is 54.6 Å². The van der Waals surface area contributed by atoms with E-state index in [2.05, 4.69) is 4.98 Å². The number of benzene rings is 2. The van der Waals surface area contributed by atoms with E-state index in [9.17, 15) is 4.79 Å². The normalized spacial score (nSPS) is 18.4. The van der Waals surface area contributed by atoms with E-state index in [4.69, 9.17) is 12.2 Å². The Morgan fingerprint density at radius 3 is 2.59 bits per heavy atom. The lowest BCUT2D eigenvalue weighted by atomic mass is 10.1. The lowest BCUT2D eigenvalue weighted by molar-refractivity contribution is -0.116. The Morgan fingerprint density at radius 1 is 1.09 bits per heavy atom. The third kappa shape index (κ3) is 2.14. The molecule has 0 N–H and O–H groups in total. The number of amides is 1. The SMILES string of the molecule is O=C1CC(c2nc3ccccc3s2)C(=S)N1c1ccccc1. The summed E-state index contributed by atoms with van der Waals surface area (Å²) in [6, 6.07) is 17.6. The largest absolute Gasteiger partial charge is 0.274 e. The van der Waals surface area contributed by atoms with Gasteiger partial charge in [-0.15, -0.1) is 11.3 Å². The van der Waals surface area contributed by atoms with Gasteiger partial charge in [0.05, 0.1) is 21.1 Å². The second-order valence-electron chi connectivity index (χ2n) is 5.18. The summed E-state index contributed by atoms with van der Waals surface area (Å²) < 4.78 is 1.13. The van der Waals surface area contributed by atoms with Crippen LogP contribution in [0.4, 0.5) is 5.69 Å². The van der Waals surface area contributed by atoms with Crippen LogP contribution in [0.25, 0.3) is 10.2 Å². The van der Waals surface area contributed by atoms with Crippen molar-refractivity contribution < 1.29 is 4.79 Å². The van der Waals surface area contributed by atoms with Crippen molar-refractivity contribution >= 4 is 50.4 Å². The molecule has 1 unspecified atom stereocenters. The zero-order valence-corrected chi connectivity index (χ0v) is 13.2. The summed E-state index contributed by atoms with van der Waals surface area (Å²) in [7, 11) is 0. The molecule has 5 heteroatoms. The van der Waals surface area contributed by atoms with Gasteiger partial charge in [0.1, 0.15) is 5.01 Å². The molecule has 1 aromatic heterocycles. The second kappa shape index (κ2) is 5.26. The van der Waals surface area contributed by atoms with Crippen molar-refractivity contribution in [2.45, 2.75) is 12.3 Å². The highest BCUT2D eigenvalue weighted by Gasteiger charge is 2.38. The van der Waals surface area contributed by atoms with Gasteiger partial charge in [-0.3, -0.25) is 9.69 Å². The van der Waals surface area contributed by atoms with Gasteiger partial charge in [0.25, 0.3) is 0 Å². The number of carbonyl (C=O) groups is 1. The van der Waals surface area contributed by atoms with Gasteiger partial charge in [-0.1, -0.05) is 42.5 Å². The van der Waals surface area contributed by atoms with Crippen LogP contribution in [0.3, 0.4) is 0 Å². The minimum atomic E-state index is -0.0971. The summed E-state index contributed by atoms with van der Waals surface area (Å²) in [5.74, 6) is -0.0550. The number of thiazole rings is 1. The van der Waals surface area contributed by atoms with Crippen molar-refractivity contribution in [3.8, 4) is 0 Å². The molecule has 1 aliphatic rings. The number of fused-ring (bicyclic) bond motifs is 1. The van der Waals surface area contributed by atoms with E-state index >= 15 is 0 Å². The Kier molecular flexibility index (Phi) is 3.24. The first-order valence-electron chi connectivity index (χ1n) is 7.01. The molecule has 1 atom stereocenters. The molecule has 1 amide bonds. The molecule has 2 heterocycles. The van der Waals surface area contributed by atoms with Crippen molar-refractivity contribution in [3.05, 3.63) is 59.6 Å². The summed E-state index contributed by atoms with van der Waals surface area (Å²) in [4.78, 5) is 19.4. The summed E-state index contributed by atoms with van der Waals surface area (Å²) in [6.45, 7) is 0. The fraction of sp³-hybridized carbons (Fsp3) is 0.118.